The first-order valence-electron chi connectivity index (χ1n) is 7.39. The average Bonchev–Trinajstić information content (AvgIpc) is 2.98. The van der Waals surface area contributed by atoms with Crippen LogP contribution in [0.1, 0.15) is 44.1 Å². The molecule has 5 heteroatoms. The summed E-state index contributed by atoms with van der Waals surface area (Å²) in [5, 5.41) is 2.83. The number of ether oxygens (including phenoxy) is 1. The highest BCUT2D eigenvalue weighted by atomic mass is 19.2. The van der Waals surface area contributed by atoms with Gasteiger partial charge in [-0.2, -0.15) is 0 Å². The average molecular weight is 297 g/mol. The Hall–Kier alpha value is -1.49. The Balaban J connectivity index is 1.73. The maximum absolute atomic E-state index is 13.2. The second kappa shape index (κ2) is 7.50. The zero-order valence-corrected chi connectivity index (χ0v) is 12.2. The van der Waals surface area contributed by atoms with E-state index in [1.54, 1.807) is 6.07 Å². The normalized spacial score (nSPS) is 19.5. The van der Waals surface area contributed by atoms with Crippen LogP contribution in [0.25, 0.3) is 0 Å². The molecule has 1 saturated heterocycles. The Morgan fingerprint density at radius 2 is 2.24 bits per heavy atom. The summed E-state index contributed by atoms with van der Waals surface area (Å²) in [5.74, 6) is -1.80. The predicted octanol–water partition coefficient (Wildman–Crippen LogP) is 3.14. The van der Waals surface area contributed by atoms with E-state index in [0.717, 1.165) is 31.9 Å². The highest BCUT2D eigenvalue weighted by Crippen LogP contribution is 2.18. The number of benzene rings is 1. The van der Waals surface area contributed by atoms with Crippen LogP contribution in [0, 0.1) is 11.6 Å². The van der Waals surface area contributed by atoms with Crippen molar-refractivity contribution in [3.05, 3.63) is 35.4 Å². The summed E-state index contributed by atoms with van der Waals surface area (Å²) in [7, 11) is 0. The zero-order chi connectivity index (χ0) is 15.2. The van der Waals surface area contributed by atoms with Gasteiger partial charge in [0, 0.05) is 19.6 Å². The van der Waals surface area contributed by atoms with Crippen LogP contribution in [0.3, 0.4) is 0 Å². The molecule has 0 spiro atoms. The van der Waals surface area contributed by atoms with Gasteiger partial charge in [-0.05, 0) is 42.9 Å². The molecule has 21 heavy (non-hydrogen) atoms. The number of hydrogen-bond acceptors (Lipinski definition) is 2. The van der Waals surface area contributed by atoms with Gasteiger partial charge in [0.2, 0.25) is 5.91 Å². The summed E-state index contributed by atoms with van der Waals surface area (Å²) < 4.78 is 31.5. The highest BCUT2D eigenvalue weighted by molar-refractivity contribution is 5.75. The molecule has 0 saturated carbocycles. The third-order valence-electron chi connectivity index (χ3n) is 3.84. The number of amides is 1. The van der Waals surface area contributed by atoms with Gasteiger partial charge in [0.05, 0.1) is 6.10 Å². The quantitative estimate of drug-likeness (QED) is 0.876. The van der Waals surface area contributed by atoms with Crippen molar-refractivity contribution in [1.29, 1.82) is 0 Å². The van der Waals surface area contributed by atoms with Crippen molar-refractivity contribution in [2.24, 2.45) is 0 Å². The first-order valence-corrected chi connectivity index (χ1v) is 7.39. The molecule has 1 N–H and O–H groups in total. The Kier molecular flexibility index (Phi) is 5.67. The van der Waals surface area contributed by atoms with E-state index >= 15 is 0 Å². The largest absolute Gasteiger partial charge is 0.378 e. The maximum Gasteiger partial charge on any atom is 0.220 e. The number of carbonyl (C=O) groups is 1. The van der Waals surface area contributed by atoms with Gasteiger partial charge < -0.3 is 10.1 Å². The summed E-state index contributed by atoms with van der Waals surface area (Å²) in [5.41, 5.74) is 0.674. The zero-order valence-electron chi connectivity index (χ0n) is 12.2. The van der Waals surface area contributed by atoms with Crippen LogP contribution in [0.4, 0.5) is 8.78 Å². The Morgan fingerprint density at radius 3 is 2.90 bits per heavy atom. The molecule has 1 aliphatic rings. The first-order chi connectivity index (χ1) is 10.1. The first kappa shape index (κ1) is 15.9. The highest BCUT2D eigenvalue weighted by Gasteiger charge is 2.17. The number of nitrogens with one attached hydrogen (secondary N) is 1. The molecule has 0 radical (unpaired) electrons. The van der Waals surface area contributed by atoms with Crippen molar-refractivity contribution in [2.45, 2.75) is 44.6 Å². The maximum atomic E-state index is 13.2. The fraction of sp³-hybridized carbons (Fsp3) is 0.562. The van der Waals surface area contributed by atoms with Crippen molar-refractivity contribution in [1.82, 2.24) is 5.32 Å². The summed E-state index contributed by atoms with van der Waals surface area (Å²) in [6, 6.07) is 3.83. The Labute approximate surface area is 123 Å². The number of hydrogen-bond donors (Lipinski definition) is 1. The van der Waals surface area contributed by atoms with Gasteiger partial charge >= 0.3 is 0 Å². The number of halogens is 2. The van der Waals surface area contributed by atoms with Crippen LogP contribution >= 0.6 is 0 Å². The van der Waals surface area contributed by atoms with E-state index in [-0.39, 0.29) is 17.9 Å². The lowest BCUT2D eigenvalue weighted by Gasteiger charge is -2.14. The lowest BCUT2D eigenvalue weighted by molar-refractivity contribution is -0.121. The molecule has 1 aliphatic heterocycles. The molecule has 1 fully saturated rings. The minimum Gasteiger partial charge on any atom is -0.378 e. The van der Waals surface area contributed by atoms with Crippen molar-refractivity contribution in [3.63, 3.8) is 0 Å². The van der Waals surface area contributed by atoms with Gasteiger partial charge in [-0.15, -0.1) is 0 Å². The molecule has 1 aromatic rings. The van der Waals surface area contributed by atoms with Crippen LogP contribution in [-0.4, -0.2) is 25.2 Å². The monoisotopic (exact) mass is 297 g/mol. The molecule has 1 aromatic carbocycles. The Morgan fingerprint density at radius 1 is 1.43 bits per heavy atom. The van der Waals surface area contributed by atoms with Gasteiger partial charge in [-0.3, -0.25) is 4.79 Å². The van der Waals surface area contributed by atoms with Crippen LogP contribution in [0.2, 0.25) is 0 Å². The molecule has 2 rings (SSSR count). The van der Waals surface area contributed by atoms with E-state index in [1.807, 2.05) is 6.92 Å². The fourth-order valence-corrected chi connectivity index (χ4v) is 2.46. The molecule has 2 atom stereocenters. The summed E-state index contributed by atoms with van der Waals surface area (Å²) >= 11 is 0. The number of rotatable bonds is 6. The molecule has 0 aliphatic carbocycles. The van der Waals surface area contributed by atoms with Crippen LogP contribution in [0.15, 0.2) is 18.2 Å². The van der Waals surface area contributed by atoms with E-state index in [0.29, 0.717) is 18.5 Å². The van der Waals surface area contributed by atoms with Gasteiger partial charge in [-0.25, -0.2) is 8.78 Å². The smallest absolute Gasteiger partial charge is 0.220 e. The van der Waals surface area contributed by atoms with Crippen LogP contribution < -0.4 is 5.32 Å². The molecule has 3 nitrogen and oxygen atoms in total. The summed E-state index contributed by atoms with van der Waals surface area (Å²) in [6.07, 6.45) is 3.48. The predicted molar refractivity (Wildman–Crippen MR) is 76.0 cm³/mol. The Bertz CT molecular complexity index is 487. The minimum absolute atomic E-state index is 0.0278. The molecule has 1 heterocycles. The second-order valence-electron chi connectivity index (χ2n) is 5.55. The van der Waals surface area contributed by atoms with E-state index in [2.05, 4.69) is 5.32 Å². The van der Waals surface area contributed by atoms with Gasteiger partial charge in [0.15, 0.2) is 11.6 Å². The minimum atomic E-state index is -0.857. The molecule has 0 unspecified atom stereocenters. The van der Waals surface area contributed by atoms with Crippen molar-refractivity contribution in [2.75, 3.05) is 13.2 Å². The van der Waals surface area contributed by atoms with E-state index in [9.17, 15) is 13.6 Å². The summed E-state index contributed by atoms with van der Waals surface area (Å²) in [6.45, 7) is 3.07. The molecular weight excluding hydrogens is 276 g/mol. The van der Waals surface area contributed by atoms with Crippen LogP contribution in [-0.2, 0) is 9.53 Å². The molecule has 0 bridgehead atoms. The van der Waals surface area contributed by atoms with E-state index in [1.165, 1.54) is 6.07 Å². The topological polar surface area (TPSA) is 38.3 Å². The van der Waals surface area contributed by atoms with Crippen LogP contribution in [0.5, 0.6) is 0 Å². The molecule has 1 amide bonds. The van der Waals surface area contributed by atoms with Crippen molar-refractivity contribution >= 4 is 5.91 Å². The third-order valence-corrected chi connectivity index (χ3v) is 3.84. The van der Waals surface area contributed by atoms with Gasteiger partial charge in [0.1, 0.15) is 0 Å². The molecular formula is C16H21F2NO2. The van der Waals surface area contributed by atoms with E-state index < -0.39 is 11.6 Å². The second-order valence-corrected chi connectivity index (χ2v) is 5.55. The van der Waals surface area contributed by atoms with E-state index in [4.69, 9.17) is 4.74 Å². The van der Waals surface area contributed by atoms with Gasteiger partial charge in [-0.1, -0.05) is 13.0 Å². The molecule has 116 valence electrons. The summed E-state index contributed by atoms with van der Waals surface area (Å²) in [4.78, 5) is 11.8. The van der Waals surface area contributed by atoms with Crippen molar-refractivity contribution < 1.29 is 18.3 Å². The molecule has 0 aromatic heterocycles. The van der Waals surface area contributed by atoms with Crippen molar-refractivity contribution in [3.8, 4) is 0 Å². The van der Waals surface area contributed by atoms with Gasteiger partial charge in [0.25, 0.3) is 0 Å². The lowest BCUT2D eigenvalue weighted by Crippen LogP contribution is -2.28. The lowest BCUT2D eigenvalue weighted by atomic mass is 10.0. The number of carbonyl (C=O) groups excluding carboxylic acids is 1. The fourth-order valence-electron chi connectivity index (χ4n) is 2.46. The third kappa shape index (κ3) is 4.77. The SMILES string of the molecule is C[C@H](CNC(=O)CC[C@@H]1CCCO1)c1ccc(F)c(F)c1. The standard InChI is InChI=1S/C16H21F2NO2/c1-11(12-4-6-14(17)15(18)9-12)10-19-16(20)7-5-13-3-2-8-21-13/h4,6,9,11,13H,2-3,5,7-8,10H2,1H3,(H,19,20)/t11-,13+/m1/s1.